The van der Waals surface area contributed by atoms with Crippen LogP contribution in [0.25, 0.3) is 11.3 Å². The third-order valence-corrected chi connectivity index (χ3v) is 4.16. The number of aromatic amines is 1. The van der Waals surface area contributed by atoms with Gasteiger partial charge in [-0.1, -0.05) is 30.3 Å². The quantitative estimate of drug-likeness (QED) is 0.501. The molecule has 2 aromatic heterocycles. The largest absolute Gasteiger partial charge is 0.479 e. The van der Waals surface area contributed by atoms with Gasteiger partial charge >= 0.3 is 5.97 Å². The fourth-order valence-corrected chi connectivity index (χ4v) is 2.78. The van der Waals surface area contributed by atoms with E-state index in [2.05, 4.69) is 25.6 Å². The van der Waals surface area contributed by atoms with Gasteiger partial charge in [-0.05, 0) is 31.0 Å². The second-order valence-corrected chi connectivity index (χ2v) is 6.21. The Kier molecular flexibility index (Phi) is 5.69. The predicted molar refractivity (Wildman–Crippen MR) is 105 cm³/mol. The average molecular weight is 379 g/mol. The number of aliphatic carboxylic acids is 1. The summed E-state index contributed by atoms with van der Waals surface area (Å²) in [5.74, 6) is -1.14. The number of carbonyl (C=O) groups excluding carboxylic acids is 1. The Morgan fingerprint density at radius 2 is 2.00 bits per heavy atom. The molecule has 0 aliphatic heterocycles. The van der Waals surface area contributed by atoms with Crippen LogP contribution in [-0.4, -0.2) is 38.5 Å². The molecule has 0 fully saturated rings. The van der Waals surface area contributed by atoms with E-state index in [1.165, 1.54) is 0 Å². The minimum atomic E-state index is -1.14. The third kappa shape index (κ3) is 4.17. The van der Waals surface area contributed by atoms with Crippen molar-refractivity contribution in [1.29, 1.82) is 0 Å². The Morgan fingerprint density at radius 3 is 2.68 bits per heavy atom. The van der Waals surface area contributed by atoms with Gasteiger partial charge in [0.15, 0.2) is 6.04 Å². The zero-order valence-corrected chi connectivity index (χ0v) is 15.6. The Hall–Kier alpha value is -3.68. The number of anilines is 1. The number of nitrogens with zero attached hydrogens (tertiary/aromatic N) is 2. The molecule has 1 aromatic carbocycles. The maximum atomic E-state index is 12.6. The summed E-state index contributed by atoms with van der Waals surface area (Å²) >= 11 is 0. The molecule has 1 unspecified atom stereocenters. The van der Waals surface area contributed by atoms with Crippen LogP contribution in [-0.2, 0) is 4.79 Å². The number of hydrogen-bond acceptors (Lipinski definition) is 5. The van der Waals surface area contributed by atoms with Gasteiger partial charge in [-0.3, -0.25) is 4.79 Å². The molecule has 0 radical (unpaired) electrons. The van der Waals surface area contributed by atoms with Crippen LogP contribution in [0.2, 0.25) is 0 Å². The highest BCUT2D eigenvalue weighted by Crippen LogP contribution is 2.23. The topological polar surface area (TPSA) is 120 Å². The van der Waals surface area contributed by atoms with Crippen molar-refractivity contribution >= 4 is 17.8 Å². The van der Waals surface area contributed by atoms with Gasteiger partial charge in [0.2, 0.25) is 5.95 Å². The Bertz CT molecular complexity index is 985. The van der Waals surface area contributed by atoms with Crippen molar-refractivity contribution < 1.29 is 14.7 Å². The van der Waals surface area contributed by atoms with Crippen LogP contribution in [0.1, 0.15) is 34.6 Å². The van der Waals surface area contributed by atoms with Gasteiger partial charge in [-0.15, -0.1) is 0 Å². The molecule has 4 N–H and O–H groups in total. The Morgan fingerprint density at radius 1 is 1.25 bits per heavy atom. The molecule has 3 aromatic rings. The van der Waals surface area contributed by atoms with Gasteiger partial charge in [0.05, 0.1) is 5.69 Å². The summed E-state index contributed by atoms with van der Waals surface area (Å²) in [4.78, 5) is 35.7. The number of aromatic nitrogens is 3. The molecule has 8 nitrogen and oxygen atoms in total. The monoisotopic (exact) mass is 379 g/mol. The highest BCUT2D eigenvalue weighted by molar-refractivity contribution is 5.96. The van der Waals surface area contributed by atoms with Gasteiger partial charge in [-0.25, -0.2) is 14.8 Å². The lowest BCUT2D eigenvalue weighted by Crippen LogP contribution is -2.33. The van der Waals surface area contributed by atoms with E-state index in [-0.39, 0.29) is 5.69 Å². The van der Waals surface area contributed by atoms with Crippen LogP contribution in [0.3, 0.4) is 0 Å². The summed E-state index contributed by atoms with van der Waals surface area (Å²) in [6, 6.07) is 9.06. The van der Waals surface area contributed by atoms with E-state index in [9.17, 15) is 14.7 Å². The van der Waals surface area contributed by atoms with Gasteiger partial charge in [0, 0.05) is 24.5 Å². The molecule has 8 heteroatoms. The van der Waals surface area contributed by atoms with Crippen LogP contribution in [0.5, 0.6) is 0 Å². The number of carboxylic acids is 1. The molecule has 0 saturated carbocycles. The van der Waals surface area contributed by atoms with Crippen molar-refractivity contribution in [3.8, 4) is 11.3 Å². The molecule has 28 heavy (non-hydrogen) atoms. The normalized spacial score (nSPS) is 11.6. The van der Waals surface area contributed by atoms with E-state index in [1.807, 2.05) is 13.8 Å². The number of amides is 1. The van der Waals surface area contributed by atoms with E-state index in [4.69, 9.17) is 0 Å². The highest BCUT2D eigenvalue weighted by Gasteiger charge is 2.23. The zero-order valence-electron chi connectivity index (χ0n) is 15.6. The van der Waals surface area contributed by atoms with Gasteiger partial charge in [0.25, 0.3) is 5.91 Å². The molecule has 144 valence electrons. The highest BCUT2D eigenvalue weighted by atomic mass is 16.4. The predicted octanol–water partition coefficient (Wildman–Crippen LogP) is 2.77. The van der Waals surface area contributed by atoms with Gasteiger partial charge in [-0.2, -0.15) is 0 Å². The number of hydrogen-bond donors (Lipinski definition) is 4. The summed E-state index contributed by atoms with van der Waals surface area (Å²) in [7, 11) is 0. The molecule has 0 saturated heterocycles. The number of aryl methyl sites for hydroxylation is 1. The number of rotatable bonds is 7. The first-order valence-corrected chi connectivity index (χ1v) is 8.84. The first kappa shape index (κ1) is 19.1. The summed E-state index contributed by atoms with van der Waals surface area (Å²) in [6.45, 7) is 4.53. The molecule has 2 heterocycles. The first-order chi connectivity index (χ1) is 13.5. The van der Waals surface area contributed by atoms with Crippen molar-refractivity contribution in [1.82, 2.24) is 20.3 Å². The summed E-state index contributed by atoms with van der Waals surface area (Å²) in [6.07, 6.45) is 3.38. The molecule has 1 amide bonds. The van der Waals surface area contributed by atoms with Gasteiger partial charge in [0.1, 0.15) is 5.69 Å². The van der Waals surface area contributed by atoms with E-state index in [0.717, 1.165) is 11.1 Å². The zero-order chi connectivity index (χ0) is 20.1. The average Bonchev–Trinajstić information content (AvgIpc) is 3.18. The van der Waals surface area contributed by atoms with E-state index in [1.54, 1.807) is 48.8 Å². The SMILES string of the molecule is CCNc1ncc(C)c(-c2c[nH]c(C(=O)NC(C(=O)O)c3ccccc3)c2)n1. The second-order valence-electron chi connectivity index (χ2n) is 6.21. The lowest BCUT2D eigenvalue weighted by Gasteiger charge is -2.14. The second kappa shape index (κ2) is 8.34. The molecule has 3 rings (SSSR count). The lowest BCUT2D eigenvalue weighted by atomic mass is 10.1. The van der Waals surface area contributed by atoms with Crippen LogP contribution < -0.4 is 10.6 Å². The maximum absolute atomic E-state index is 12.6. The van der Waals surface area contributed by atoms with Crippen LogP contribution in [0.4, 0.5) is 5.95 Å². The van der Waals surface area contributed by atoms with Crippen LogP contribution in [0, 0.1) is 6.92 Å². The van der Waals surface area contributed by atoms with Crippen molar-refractivity contribution in [2.45, 2.75) is 19.9 Å². The Balaban J connectivity index is 1.82. The molecule has 0 spiro atoms. The number of H-pyrrole nitrogens is 1. The van der Waals surface area contributed by atoms with E-state index < -0.39 is 17.9 Å². The van der Waals surface area contributed by atoms with Crippen LogP contribution >= 0.6 is 0 Å². The van der Waals surface area contributed by atoms with Crippen molar-refractivity contribution in [2.75, 3.05) is 11.9 Å². The summed E-state index contributed by atoms with van der Waals surface area (Å²) < 4.78 is 0. The first-order valence-electron chi connectivity index (χ1n) is 8.84. The van der Waals surface area contributed by atoms with E-state index in [0.29, 0.717) is 23.8 Å². The van der Waals surface area contributed by atoms with Crippen molar-refractivity contribution in [3.05, 3.63) is 65.6 Å². The maximum Gasteiger partial charge on any atom is 0.330 e. The fourth-order valence-electron chi connectivity index (χ4n) is 2.78. The summed E-state index contributed by atoms with van der Waals surface area (Å²) in [5, 5.41) is 15.1. The molecule has 0 aliphatic carbocycles. The number of benzene rings is 1. The standard InChI is InChI=1S/C20H21N5O3/c1-3-21-20-23-10-12(2)16(25-20)14-9-15(22-11-14)18(26)24-17(19(27)28)13-7-5-4-6-8-13/h4-11,17,22H,3H2,1-2H3,(H,24,26)(H,27,28)(H,21,23,25). The number of carbonyl (C=O) groups is 2. The molecular formula is C20H21N5O3. The van der Waals surface area contributed by atoms with E-state index >= 15 is 0 Å². The van der Waals surface area contributed by atoms with Crippen LogP contribution in [0.15, 0.2) is 48.8 Å². The fraction of sp³-hybridized carbons (Fsp3) is 0.200. The van der Waals surface area contributed by atoms with Crippen molar-refractivity contribution in [3.63, 3.8) is 0 Å². The van der Waals surface area contributed by atoms with Crippen molar-refractivity contribution in [2.24, 2.45) is 0 Å². The molecule has 0 bridgehead atoms. The Labute approximate surface area is 162 Å². The summed E-state index contributed by atoms with van der Waals surface area (Å²) in [5.41, 5.74) is 3.02. The minimum Gasteiger partial charge on any atom is -0.479 e. The minimum absolute atomic E-state index is 0.250. The lowest BCUT2D eigenvalue weighted by molar-refractivity contribution is -0.139. The van der Waals surface area contributed by atoms with Gasteiger partial charge < -0.3 is 20.7 Å². The number of nitrogens with one attached hydrogen (secondary N) is 3. The smallest absolute Gasteiger partial charge is 0.330 e. The molecule has 0 aliphatic rings. The number of carboxylic acid groups (broad SMARTS) is 1. The molecular weight excluding hydrogens is 358 g/mol. The third-order valence-electron chi connectivity index (χ3n) is 4.16. The molecule has 1 atom stereocenters.